The summed E-state index contributed by atoms with van der Waals surface area (Å²) >= 11 is 1.42. The Kier molecular flexibility index (Phi) is 10.2. The summed E-state index contributed by atoms with van der Waals surface area (Å²) in [7, 11) is 0. The summed E-state index contributed by atoms with van der Waals surface area (Å²) in [4.78, 5) is 53.0. The zero-order valence-corrected chi connectivity index (χ0v) is 29.5. The van der Waals surface area contributed by atoms with Gasteiger partial charge < -0.3 is 20.2 Å². The van der Waals surface area contributed by atoms with E-state index in [2.05, 4.69) is 72.1 Å². The number of carboxylic acids is 1. The Morgan fingerprint density at radius 3 is 2.12 bits per heavy atom. The number of aryl methyl sites for hydroxylation is 1. The molecule has 0 spiro atoms. The molecule has 256 valence electrons. The molecule has 0 saturated carbocycles. The molecule has 1 atom stereocenters. The molecule has 49 heavy (non-hydrogen) atoms. The molecule has 2 saturated heterocycles. The van der Waals surface area contributed by atoms with Gasteiger partial charge in [0.25, 0.3) is 5.91 Å². The maximum Gasteiger partial charge on any atom is 0.310 e. The van der Waals surface area contributed by atoms with Crippen LogP contribution in [0, 0.1) is 5.92 Å². The lowest BCUT2D eigenvalue weighted by Crippen LogP contribution is -2.59. The number of nitrogens with zero attached hydrogens (tertiary/aromatic N) is 4. The van der Waals surface area contributed by atoms with E-state index in [0.29, 0.717) is 16.6 Å². The molecule has 2 aliphatic rings. The van der Waals surface area contributed by atoms with Gasteiger partial charge in [-0.25, -0.2) is 9.97 Å². The van der Waals surface area contributed by atoms with Gasteiger partial charge in [-0.3, -0.25) is 14.4 Å². The minimum absolute atomic E-state index is 0.0908. The van der Waals surface area contributed by atoms with Crippen molar-refractivity contribution in [3.63, 3.8) is 0 Å². The fourth-order valence-corrected chi connectivity index (χ4v) is 7.45. The Balaban J connectivity index is 1.09. The molecule has 2 amide bonds. The maximum absolute atomic E-state index is 13.5. The van der Waals surface area contributed by atoms with E-state index in [4.69, 9.17) is 0 Å². The molecule has 2 aromatic heterocycles. The third kappa shape index (κ3) is 8.02. The number of carboxylic acid groups (broad SMARTS) is 1. The first-order chi connectivity index (χ1) is 23.5. The fourth-order valence-electron chi connectivity index (χ4n) is 6.48. The van der Waals surface area contributed by atoms with Crippen LogP contribution >= 0.6 is 11.3 Å². The summed E-state index contributed by atoms with van der Waals surface area (Å²) in [5, 5.41) is 12.3. The molecule has 4 heterocycles. The lowest BCUT2D eigenvalue weighted by atomic mass is 9.89. The molecule has 0 bridgehead atoms. The summed E-state index contributed by atoms with van der Waals surface area (Å²) in [5.74, 6) is -0.882. The molecule has 9 nitrogen and oxygen atoms in total. The number of rotatable bonds is 10. The molecular formula is C39H45N5O4S. The number of nitrogens with one attached hydrogen (secondary N) is 1. The Morgan fingerprint density at radius 1 is 0.918 bits per heavy atom. The van der Waals surface area contributed by atoms with Crippen LogP contribution in [0.3, 0.4) is 0 Å². The Labute approximate surface area is 292 Å². The second-order valence-corrected chi connectivity index (χ2v) is 15.3. The average Bonchev–Trinajstić information content (AvgIpc) is 3.60. The number of aliphatic carboxylic acids is 1. The third-order valence-corrected chi connectivity index (χ3v) is 11.2. The molecule has 2 fully saturated rings. The summed E-state index contributed by atoms with van der Waals surface area (Å²) in [6.45, 7) is 10.7. The molecular weight excluding hydrogens is 635 g/mol. The van der Waals surface area contributed by atoms with Crippen molar-refractivity contribution in [3.05, 3.63) is 99.5 Å². The van der Waals surface area contributed by atoms with Gasteiger partial charge in [-0.2, -0.15) is 0 Å². The van der Waals surface area contributed by atoms with Crippen molar-refractivity contribution in [2.45, 2.75) is 70.8 Å². The highest BCUT2D eigenvalue weighted by molar-refractivity contribution is 7.14. The normalized spacial score (nSPS) is 16.2. The van der Waals surface area contributed by atoms with E-state index in [9.17, 15) is 19.5 Å². The number of hydrogen-bond donors (Lipinski definition) is 2. The smallest absolute Gasteiger partial charge is 0.310 e. The van der Waals surface area contributed by atoms with E-state index < -0.39 is 17.9 Å². The largest absolute Gasteiger partial charge is 0.481 e. The van der Waals surface area contributed by atoms with Crippen molar-refractivity contribution in [1.29, 1.82) is 0 Å². The van der Waals surface area contributed by atoms with Crippen molar-refractivity contribution in [2.24, 2.45) is 5.92 Å². The highest BCUT2D eigenvalue weighted by atomic mass is 32.1. The van der Waals surface area contributed by atoms with Gasteiger partial charge in [0, 0.05) is 43.0 Å². The summed E-state index contributed by atoms with van der Waals surface area (Å²) in [5.41, 5.74) is 5.45. The second-order valence-electron chi connectivity index (χ2n) is 14.2. The number of carbonyl (C=O) groups is 3. The van der Waals surface area contributed by atoms with Gasteiger partial charge in [-0.1, -0.05) is 76.2 Å². The first-order valence-electron chi connectivity index (χ1n) is 17.2. The number of amides is 2. The van der Waals surface area contributed by atoms with Crippen LogP contribution in [-0.4, -0.2) is 70.0 Å². The molecule has 2 aromatic carbocycles. The number of piperidine rings is 1. The zero-order chi connectivity index (χ0) is 34.7. The van der Waals surface area contributed by atoms with Gasteiger partial charge in [0.1, 0.15) is 6.04 Å². The van der Waals surface area contributed by atoms with Crippen molar-refractivity contribution in [1.82, 2.24) is 20.2 Å². The molecule has 4 aromatic rings. The molecule has 0 radical (unpaired) electrons. The average molecular weight is 680 g/mol. The monoisotopic (exact) mass is 679 g/mol. The highest BCUT2D eigenvalue weighted by Gasteiger charge is 2.39. The van der Waals surface area contributed by atoms with E-state index in [0.717, 1.165) is 54.0 Å². The van der Waals surface area contributed by atoms with Crippen LogP contribution in [-0.2, 0) is 27.8 Å². The Morgan fingerprint density at radius 2 is 1.55 bits per heavy atom. The van der Waals surface area contributed by atoms with E-state index in [1.807, 2.05) is 42.7 Å². The van der Waals surface area contributed by atoms with E-state index in [1.165, 1.54) is 27.4 Å². The van der Waals surface area contributed by atoms with Crippen LogP contribution in [0.1, 0.15) is 77.7 Å². The van der Waals surface area contributed by atoms with Crippen LogP contribution in [0.15, 0.2) is 73.1 Å². The van der Waals surface area contributed by atoms with Crippen LogP contribution in [0.4, 0.5) is 5.69 Å². The van der Waals surface area contributed by atoms with Crippen molar-refractivity contribution in [2.75, 3.05) is 31.1 Å². The first kappa shape index (κ1) is 34.3. The van der Waals surface area contributed by atoms with E-state index in [1.54, 1.807) is 6.07 Å². The Hall–Kier alpha value is -4.57. The maximum atomic E-state index is 13.5. The predicted molar refractivity (Wildman–Crippen MR) is 193 cm³/mol. The first-order valence-corrected chi connectivity index (χ1v) is 18.0. The molecule has 10 heteroatoms. The summed E-state index contributed by atoms with van der Waals surface area (Å²) in [6.07, 6.45) is 7.32. The summed E-state index contributed by atoms with van der Waals surface area (Å²) < 4.78 is 0. The predicted octanol–water partition coefficient (Wildman–Crippen LogP) is 6.33. The van der Waals surface area contributed by atoms with E-state index in [-0.39, 0.29) is 36.7 Å². The standard InChI is InChI=1S/C39H45N5O4S/c1-5-25-6-10-27(11-7-25)28-16-18-43(19-17-28)31-21-40-35(41-22-31)29-12-8-26(9-13-29)20-32(37(46)44-23-30(24-44)38(47)48)42-36(45)33-14-15-34(49-33)39(2,3)4/h6-15,21-22,28,30,32H,5,16-20,23-24H2,1-4H3,(H,42,45)(H,47,48)/t32-/m0/s1. The minimum atomic E-state index is -0.915. The summed E-state index contributed by atoms with van der Waals surface area (Å²) in [6, 6.07) is 19.7. The minimum Gasteiger partial charge on any atom is -0.481 e. The number of anilines is 1. The van der Waals surface area contributed by atoms with Gasteiger partial charge in [0.2, 0.25) is 5.91 Å². The number of thiophene rings is 1. The van der Waals surface area contributed by atoms with Crippen LogP contribution in [0.25, 0.3) is 11.4 Å². The van der Waals surface area contributed by atoms with Gasteiger partial charge >= 0.3 is 5.97 Å². The van der Waals surface area contributed by atoms with Gasteiger partial charge in [0.15, 0.2) is 5.82 Å². The highest BCUT2D eigenvalue weighted by Crippen LogP contribution is 2.32. The molecule has 0 unspecified atom stereocenters. The SMILES string of the molecule is CCc1ccc(C2CCN(c3cnc(-c4ccc(C[C@H](NC(=O)c5ccc(C(C)(C)C)s5)C(=O)N5CC(C(=O)O)C5)cc4)nc3)CC2)cc1. The van der Waals surface area contributed by atoms with Gasteiger partial charge in [0.05, 0.1) is 28.9 Å². The van der Waals surface area contributed by atoms with Gasteiger partial charge in [-0.05, 0) is 59.4 Å². The third-order valence-electron chi connectivity index (χ3n) is 9.72. The lowest BCUT2D eigenvalue weighted by Gasteiger charge is -2.38. The van der Waals surface area contributed by atoms with Crippen LogP contribution < -0.4 is 10.2 Å². The van der Waals surface area contributed by atoms with Crippen LogP contribution in [0.5, 0.6) is 0 Å². The number of hydrogen-bond acceptors (Lipinski definition) is 7. The Bertz CT molecular complexity index is 1770. The quantitative estimate of drug-likeness (QED) is 0.201. The van der Waals surface area contributed by atoms with Crippen LogP contribution in [0.2, 0.25) is 0 Å². The molecule has 2 aliphatic heterocycles. The van der Waals surface area contributed by atoms with Crippen molar-refractivity contribution >= 4 is 34.8 Å². The van der Waals surface area contributed by atoms with Crippen molar-refractivity contribution in [3.8, 4) is 11.4 Å². The molecule has 6 rings (SSSR count). The topological polar surface area (TPSA) is 116 Å². The van der Waals surface area contributed by atoms with E-state index >= 15 is 0 Å². The molecule has 2 N–H and O–H groups in total. The van der Waals surface area contributed by atoms with Crippen molar-refractivity contribution < 1.29 is 19.5 Å². The number of aromatic nitrogens is 2. The molecule has 0 aliphatic carbocycles. The number of carbonyl (C=O) groups excluding carboxylic acids is 2. The zero-order valence-electron chi connectivity index (χ0n) is 28.7. The second kappa shape index (κ2) is 14.5. The number of benzene rings is 2. The van der Waals surface area contributed by atoms with Gasteiger partial charge in [-0.15, -0.1) is 11.3 Å². The fraction of sp³-hybridized carbons (Fsp3) is 0.410. The number of likely N-dealkylation sites (tertiary alicyclic amines) is 1. The lowest BCUT2D eigenvalue weighted by molar-refractivity contribution is -0.153.